The minimum atomic E-state index is -4.30. The lowest BCUT2D eigenvalue weighted by Crippen LogP contribution is -2.45. The Morgan fingerprint density at radius 1 is 1.05 bits per heavy atom. The van der Waals surface area contributed by atoms with Crippen LogP contribution in [0.2, 0.25) is 0 Å². The Balaban J connectivity index is 2.37. The van der Waals surface area contributed by atoms with Crippen LogP contribution in [0.5, 0.6) is 0 Å². The summed E-state index contributed by atoms with van der Waals surface area (Å²) in [6.45, 7) is 6.68. The highest BCUT2D eigenvalue weighted by molar-refractivity contribution is 5.57. The third-order valence-electron chi connectivity index (χ3n) is 3.84. The number of nitrogens with zero attached hydrogens (tertiary/aromatic N) is 2. The van der Waals surface area contributed by atoms with Crippen LogP contribution in [0.15, 0.2) is 18.2 Å². The molecule has 0 aliphatic carbocycles. The highest BCUT2D eigenvalue weighted by Crippen LogP contribution is 2.38. The van der Waals surface area contributed by atoms with Crippen molar-refractivity contribution in [2.24, 2.45) is 0 Å². The molecule has 1 aromatic rings. The van der Waals surface area contributed by atoms with Gasteiger partial charge in [0.15, 0.2) is 0 Å². The van der Waals surface area contributed by atoms with Crippen LogP contribution in [0.1, 0.15) is 30.9 Å². The average molecular weight is 286 g/mol. The van der Waals surface area contributed by atoms with E-state index < -0.39 is 11.7 Å². The van der Waals surface area contributed by atoms with Gasteiger partial charge in [0.05, 0.1) is 5.56 Å². The molecule has 0 amide bonds. The Morgan fingerprint density at radius 2 is 1.65 bits per heavy atom. The Bertz CT molecular complexity index is 461. The SMILES string of the molecule is CC(C)c1ccc(N2CCN(C)CC2)c(C(F)(F)F)c1. The van der Waals surface area contributed by atoms with E-state index in [1.54, 1.807) is 6.07 Å². The summed E-state index contributed by atoms with van der Waals surface area (Å²) >= 11 is 0. The quantitative estimate of drug-likeness (QED) is 0.820. The number of rotatable bonds is 2. The normalized spacial score (nSPS) is 17.9. The van der Waals surface area contributed by atoms with Crippen LogP contribution < -0.4 is 4.90 Å². The molecule has 0 N–H and O–H groups in total. The summed E-state index contributed by atoms with van der Waals surface area (Å²) in [4.78, 5) is 3.97. The molecule has 1 aliphatic rings. The van der Waals surface area contributed by atoms with E-state index in [2.05, 4.69) is 4.90 Å². The van der Waals surface area contributed by atoms with Gasteiger partial charge in [0.25, 0.3) is 0 Å². The molecule has 0 bridgehead atoms. The van der Waals surface area contributed by atoms with E-state index in [9.17, 15) is 13.2 Å². The summed E-state index contributed by atoms with van der Waals surface area (Å²) in [5, 5.41) is 0. The zero-order valence-electron chi connectivity index (χ0n) is 12.2. The van der Waals surface area contributed by atoms with Crippen molar-refractivity contribution in [3.63, 3.8) is 0 Å². The number of hydrogen-bond donors (Lipinski definition) is 0. The van der Waals surface area contributed by atoms with E-state index in [-0.39, 0.29) is 5.92 Å². The second-order valence-electron chi connectivity index (χ2n) is 5.72. The van der Waals surface area contributed by atoms with Gasteiger partial charge in [0, 0.05) is 31.9 Å². The molecule has 1 aliphatic heterocycles. The zero-order valence-corrected chi connectivity index (χ0v) is 12.2. The Morgan fingerprint density at radius 3 is 2.15 bits per heavy atom. The maximum absolute atomic E-state index is 13.3. The third kappa shape index (κ3) is 3.26. The maximum Gasteiger partial charge on any atom is 0.418 e. The number of alkyl halides is 3. The van der Waals surface area contributed by atoms with Crippen molar-refractivity contribution in [3.8, 4) is 0 Å². The van der Waals surface area contributed by atoms with Crippen LogP contribution in [-0.2, 0) is 6.18 Å². The number of likely N-dealkylation sites (N-methyl/N-ethyl adjacent to an activating group) is 1. The molecule has 0 spiro atoms. The van der Waals surface area contributed by atoms with Gasteiger partial charge in [-0.05, 0) is 30.7 Å². The van der Waals surface area contributed by atoms with Crippen molar-refractivity contribution in [3.05, 3.63) is 29.3 Å². The van der Waals surface area contributed by atoms with Crippen LogP contribution >= 0.6 is 0 Å². The summed E-state index contributed by atoms with van der Waals surface area (Å²) in [6, 6.07) is 4.75. The second-order valence-corrected chi connectivity index (χ2v) is 5.72. The third-order valence-corrected chi connectivity index (χ3v) is 3.84. The van der Waals surface area contributed by atoms with Crippen LogP contribution in [0.3, 0.4) is 0 Å². The van der Waals surface area contributed by atoms with E-state index in [4.69, 9.17) is 0 Å². The van der Waals surface area contributed by atoms with Crippen LogP contribution in [-0.4, -0.2) is 38.1 Å². The topological polar surface area (TPSA) is 6.48 Å². The molecule has 112 valence electrons. The van der Waals surface area contributed by atoms with Crippen LogP contribution in [0.25, 0.3) is 0 Å². The van der Waals surface area contributed by atoms with Crippen molar-refractivity contribution in [1.82, 2.24) is 4.90 Å². The van der Waals surface area contributed by atoms with E-state index in [1.807, 2.05) is 31.9 Å². The monoisotopic (exact) mass is 286 g/mol. The Kier molecular flexibility index (Phi) is 4.28. The summed E-state index contributed by atoms with van der Waals surface area (Å²) in [7, 11) is 1.99. The smallest absolute Gasteiger partial charge is 0.368 e. The molecule has 20 heavy (non-hydrogen) atoms. The predicted molar refractivity (Wildman–Crippen MR) is 75.2 cm³/mol. The molecular weight excluding hydrogens is 265 g/mol. The molecular formula is C15H21F3N2. The Hall–Kier alpha value is -1.23. The van der Waals surface area contributed by atoms with Crippen molar-refractivity contribution in [2.75, 3.05) is 38.1 Å². The van der Waals surface area contributed by atoms with Crippen molar-refractivity contribution >= 4 is 5.69 Å². The fourth-order valence-electron chi connectivity index (χ4n) is 2.46. The number of anilines is 1. The molecule has 0 atom stereocenters. The van der Waals surface area contributed by atoms with E-state index in [0.29, 0.717) is 18.8 Å². The fourth-order valence-corrected chi connectivity index (χ4v) is 2.46. The number of hydrogen-bond acceptors (Lipinski definition) is 2. The fraction of sp³-hybridized carbons (Fsp3) is 0.600. The highest BCUT2D eigenvalue weighted by Gasteiger charge is 2.35. The molecule has 1 saturated heterocycles. The lowest BCUT2D eigenvalue weighted by molar-refractivity contribution is -0.137. The summed E-state index contributed by atoms with van der Waals surface area (Å²) in [5.41, 5.74) is 0.540. The van der Waals surface area contributed by atoms with Crippen molar-refractivity contribution < 1.29 is 13.2 Å². The van der Waals surface area contributed by atoms with Crippen LogP contribution in [0, 0.1) is 0 Å². The number of halogens is 3. The highest BCUT2D eigenvalue weighted by atomic mass is 19.4. The Labute approximate surface area is 118 Å². The van der Waals surface area contributed by atoms with E-state index in [1.165, 1.54) is 6.07 Å². The number of piperazine rings is 1. The molecule has 2 rings (SSSR count). The molecule has 1 heterocycles. The molecule has 5 heteroatoms. The molecule has 1 aromatic carbocycles. The summed E-state index contributed by atoms with van der Waals surface area (Å²) < 4.78 is 39.9. The summed E-state index contributed by atoms with van der Waals surface area (Å²) in [5.74, 6) is 0.0950. The van der Waals surface area contributed by atoms with Gasteiger partial charge >= 0.3 is 6.18 Å². The van der Waals surface area contributed by atoms with E-state index in [0.717, 1.165) is 18.7 Å². The maximum atomic E-state index is 13.3. The number of benzene rings is 1. The first-order valence-corrected chi connectivity index (χ1v) is 6.93. The zero-order chi connectivity index (χ0) is 14.9. The van der Waals surface area contributed by atoms with Gasteiger partial charge in [0.2, 0.25) is 0 Å². The average Bonchev–Trinajstić information content (AvgIpc) is 2.38. The van der Waals surface area contributed by atoms with Gasteiger partial charge < -0.3 is 9.80 Å². The van der Waals surface area contributed by atoms with E-state index >= 15 is 0 Å². The molecule has 0 aromatic heterocycles. The molecule has 2 nitrogen and oxygen atoms in total. The molecule has 0 radical (unpaired) electrons. The standard InChI is InChI=1S/C15H21F3N2/c1-11(2)12-4-5-14(13(10-12)15(16,17)18)20-8-6-19(3)7-9-20/h4-5,10-11H,6-9H2,1-3H3. The largest absolute Gasteiger partial charge is 0.418 e. The molecule has 1 fully saturated rings. The first-order valence-electron chi connectivity index (χ1n) is 6.93. The molecule has 0 unspecified atom stereocenters. The van der Waals surface area contributed by atoms with Crippen LogP contribution in [0.4, 0.5) is 18.9 Å². The predicted octanol–water partition coefficient (Wildman–Crippen LogP) is 3.58. The van der Waals surface area contributed by atoms with Gasteiger partial charge in [-0.3, -0.25) is 0 Å². The summed E-state index contributed by atoms with van der Waals surface area (Å²) in [6.07, 6.45) is -4.30. The minimum Gasteiger partial charge on any atom is -0.368 e. The first kappa shape index (κ1) is 15.2. The van der Waals surface area contributed by atoms with Gasteiger partial charge in [0.1, 0.15) is 0 Å². The minimum absolute atomic E-state index is 0.0950. The molecule has 0 saturated carbocycles. The lowest BCUT2D eigenvalue weighted by Gasteiger charge is -2.35. The van der Waals surface area contributed by atoms with Gasteiger partial charge in [-0.2, -0.15) is 13.2 Å². The van der Waals surface area contributed by atoms with Gasteiger partial charge in [-0.25, -0.2) is 0 Å². The van der Waals surface area contributed by atoms with Crippen molar-refractivity contribution in [2.45, 2.75) is 25.9 Å². The lowest BCUT2D eigenvalue weighted by atomic mass is 9.98. The van der Waals surface area contributed by atoms with Gasteiger partial charge in [-0.1, -0.05) is 19.9 Å². The van der Waals surface area contributed by atoms with Crippen molar-refractivity contribution in [1.29, 1.82) is 0 Å². The van der Waals surface area contributed by atoms with Gasteiger partial charge in [-0.15, -0.1) is 0 Å². The first-order chi connectivity index (χ1) is 9.29. The second kappa shape index (κ2) is 5.64.